The summed E-state index contributed by atoms with van der Waals surface area (Å²) in [6.45, 7) is 1.74. The quantitative estimate of drug-likeness (QED) is 0.870. The van der Waals surface area contributed by atoms with Crippen molar-refractivity contribution in [3.8, 4) is 0 Å². The fraction of sp³-hybridized carbons (Fsp3) is 0.529. The monoisotopic (exact) mass is 311 g/mol. The van der Waals surface area contributed by atoms with E-state index in [1.54, 1.807) is 12.3 Å². The van der Waals surface area contributed by atoms with E-state index < -0.39 is 0 Å². The van der Waals surface area contributed by atoms with Crippen LogP contribution in [0.1, 0.15) is 54.5 Å². The number of rotatable bonds is 4. The molecule has 0 unspecified atom stereocenters. The smallest absolute Gasteiger partial charge is 0.273 e. The third-order valence-electron chi connectivity index (χ3n) is 4.74. The van der Waals surface area contributed by atoms with Crippen LogP contribution < -0.4 is 0 Å². The minimum Gasteiger partial charge on any atom is -0.327 e. The molecule has 6 heteroatoms. The summed E-state index contributed by atoms with van der Waals surface area (Å²) in [6.07, 6.45) is 9.16. The molecule has 1 atom stereocenters. The van der Waals surface area contributed by atoms with Crippen LogP contribution in [-0.4, -0.2) is 37.1 Å². The number of piperidine rings is 1. The Morgan fingerprint density at radius 1 is 1.22 bits per heavy atom. The zero-order valence-electron chi connectivity index (χ0n) is 13.1. The average molecular weight is 311 g/mol. The van der Waals surface area contributed by atoms with E-state index in [4.69, 9.17) is 0 Å². The maximum Gasteiger partial charge on any atom is 0.273 e. The van der Waals surface area contributed by atoms with Crippen molar-refractivity contribution in [1.29, 1.82) is 0 Å². The van der Waals surface area contributed by atoms with Gasteiger partial charge in [0.15, 0.2) is 5.82 Å². The second-order valence-electron chi connectivity index (χ2n) is 6.51. The van der Waals surface area contributed by atoms with Gasteiger partial charge in [-0.15, -0.1) is 10.2 Å². The number of amides is 1. The molecule has 0 radical (unpaired) electrons. The molecule has 1 saturated carbocycles. The van der Waals surface area contributed by atoms with Crippen LogP contribution in [0.5, 0.6) is 0 Å². The van der Waals surface area contributed by atoms with Gasteiger partial charge in [-0.25, -0.2) is 0 Å². The first kappa shape index (κ1) is 14.4. The summed E-state index contributed by atoms with van der Waals surface area (Å²) in [6, 6.07) is 5.48. The van der Waals surface area contributed by atoms with Crippen LogP contribution in [0.3, 0.4) is 0 Å². The van der Waals surface area contributed by atoms with Crippen LogP contribution in [0.4, 0.5) is 0 Å². The average Bonchev–Trinajstić information content (AvgIpc) is 3.30. The molecule has 120 valence electrons. The Morgan fingerprint density at radius 3 is 2.91 bits per heavy atom. The predicted octanol–water partition coefficient (Wildman–Crippen LogP) is 2.45. The molecule has 0 spiro atoms. The third kappa shape index (κ3) is 2.98. The molecule has 2 aromatic heterocycles. The number of hydrogen-bond donors (Lipinski definition) is 0. The standard InChI is InChI=1S/C17H21N5O/c23-17(14-5-1-3-9-18-14)22-10-4-2-6-15(22)16-20-19-12-21(16)11-13-7-8-13/h1,3,5,9,12-13,15H,2,4,6-8,10-11H2/t15-/m1/s1. The van der Waals surface area contributed by atoms with Gasteiger partial charge in [0.1, 0.15) is 12.0 Å². The summed E-state index contributed by atoms with van der Waals surface area (Å²) in [4.78, 5) is 19.0. The second-order valence-corrected chi connectivity index (χ2v) is 6.51. The van der Waals surface area contributed by atoms with Crippen molar-refractivity contribution in [2.75, 3.05) is 6.54 Å². The first-order chi connectivity index (χ1) is 11.3. The molecular weight excluding hydrogens is 290 g/mol. The van der Waals surface area contributed by atoms with E-state index in [-0.39, 0.29) is 11.9 Å². The SMILES string of the molecule is O=C(c1ccccn1)N1CCCC[C@@H]1c1nncn1CC1CC1. The summed E-state index contributed by atoms with van der Waals surface area (Å²) in [5, 5.41) is 8.45. The lowest BCUT2D eigenvalue weighted by atomic mass is 10.0. The number of pyridine rings is 1. The Hall–Kier alpha value is -2.24. The van der Waals surface area contributed by atoms with E-state index in [2.05, 4.69) is 19.7 Å². The van der Waals surface area contributed by atoms with Gasteiger partial charge in [-0.1, -0.05) is 6.07 Å². The molecule has 1 aliphatic heterocycles. The summed E-state index contributed by atoms with van der Waals surface area (Å²) in [5.41, 5.74) is 0.507. The van der Waals surface area contributed by atoms with Crippen LogP contribution in [-0.2, 0) is 6.54 Å². The lowest BCUT2D eigenvalue weighted by molar-refractivity contribution is 0.0588. The molecule has 0 N–H and O–H groups in total. The Balaban J connectivity index is 1.60. The molecule has 1 amide bonds. The van der Waals surface area contributed by atoms with Crippen molar-refractivity contribution in [1.82, 2.24) is 24.6 Å². The van der Waals surface area contributed by atoms with Crippen molar-refractivity contribution >= 4 is 5.91 Å². The second kappa shape index (κ2) is 6.10. The van der Waals surface area contributed by atoms with E-state index in [0.717, 1.165) is 44.1 Å². The zero-order chi connectivity index (χ0) is 15.6. The maximum absolute atomic E-state index is 12.9. The highest BCUT2D eigenvalue weighted by Gasteiger charge is 2.33. The molecule has 0 aromatic carbocycles. The highest BCUT2D eigenvalue weighted by Crippen LogP contribution is 2.34. The first-order valence-electron chi connectivity index (χ1n) is 8.42. The van der Waals surface area contributed by atoms with Gasteiger partial charge < -0.3 is 9.47 Å². The summed E-state index contributed by atoms with van der Waals surface area (Å²) in [5.74, 6) is 1.69. The molecule has 2 fully saturated rings. The number of nitrogens with zero attached hydrogens (tertiary/aromatic N) is 5. The predicted molar refractivity (Wildman–Crippen MR) is 84.6 cm³/mol. The van der Waals surface area contributed by atoms with Gasteiger partial charge in [-0.05, 0) is 50.2 Å². The van der Waals surface area contributed by atoms with Gasteiger partial charge in [0.2, 0.25) is 0 Å². The molecule has 2 aromatic rings. The Morgan fingerprint density at radius 2 is 2.13 bits per heavy atom. The van der Waals surface area contributed by atoms with Crippen LogP contribution in [0.15, 0.2) is 30.7 Å². The van der Waals surface area contributed by atoms with Crippen molar-refractivity contribution in [3.63, 3.8) is 0 Å². The molecule has 3 heterocycles. The van der Waals surface area contributed by atoms with Gasteiger partial charge in [-0.2, -0.15) is 0 Å². The van der Waals surface area contributed by atoms with E-state index in [0.29, 0.717) is 5.69 Å². The Bertz CT molecular complexity index is 679. The van der Waals surface area contributed by atoms with Gasteiger partial charge in [0.25, 0.3) is 5.91 Å². The van der Waals surface area contributed by atoms with Gasteiger partial charge in [0.05, 0.1) is 6.04 Å². The van der Waals surface area contributed by atoms with Crippen molar-refractivity contribution in [3.05, 3.63) is 42.2 Å². The minimum atomic E-state index is -0.00345. The number of likely N-dealkylation sites (tertiary alicyclic amines) is 1. The lowest BCUT2D eigenvalue weighted by Crippen LogP contribution is -2.40. The Kier molecular flexibility index (Phi) is 3.81. The van der Waals surface area contributed by atoms with Crippen molar-refractivity contribution in [2.45, 2.75) is 44.7 Å². The van der Waals surface area contributed by atoms with E-state index in [9.17, 15) is 4.79 Å². The lowest BCUT2D eigenvalue weighted by Gasteiger charge is -2.35. The van der Waals surface area contributed by atoms with Crippen LogP contribution in [0.2, 0.25) is 0 Å². The molecule has 23 heavy (non-hydrogen) atoms. The van der Waals surface area contributed by atoms with Crippen LogP contribution in [0, 0.1) is 5.92 Å². The molecule has 1 saturated heterocycles. The van der Waals surface area contributed by atoms with E-state index in [1.807, 2.05) is 23.4 Å². The zero-order valence-corrected chi connectivity index (χ0v) is 13.1. The molecule has 0 bridgehead atoms. The molecular formula is C17H21N5O. The number of hydrogen-bond acceptors (Lipinski definition) is 4. The first-order valence-corrected chi connectivity index (χ1v) is 8.42. The van der Waals surface area contributed by atoms with Crippen molar-refractivity contribution in [2.24, 2.45) is 5.92 Å². The van der Waals surface area contributed by atoms with Gasteiger partial charge in [0, 0.05) is 19.3 Å². The number of aromatic nitrogens is 4. The van der Waals surface area contributed by atoms with Crippen LogP contribution in [0.25, 0.3) is 0 Å². The summed E-state index contributed by atoms with van der Waals surface area (Å²) in [7, 11) is 0. The summed E-state index contributed by atoms with van der Waals surface area (Å²) < 4.78 is 2.15. The van der Waals surface area contributed by atoms with E-state index in [1.165, 1.54) is 12.8 Å². The highest BCUT2D eigenvalue weighted by molar-refractivity contribution is 5.92. The fourth-order valence-corrected chi connectivity index (χ4v) is 3.32. The van der Waals surface area contributed by atoms with Crippen LogP contribution >= 0.6 is 0 Å². The van der Waals surface area contributed by atoms with Crippen molar-refractivity contribution < 1.29 is 4.79 Å². The number of carbonyl (C=O) groups excluding carboxylic acids is 1. The molecule has 2 aliphatic rings. The largest absolute Gasteiger partial charge is 0.327 e. The molecule has 1 aliphatic carbocycles. The van der Waals surface area contributed by atoms with E-state index >= 15 is 0 Å². The number of carbonyl (C=O) groups is 1. The maximum atomic E-state index is 12.9. The topological polar surface area (TPSA) is 63.9 Å². The molecule has 4 rings (SSSR count). The summed E-state index contributed by atoms with van der Waals surface area (Å²) >= 11 is 0. The highest BCUT2D eigenvalue weighted by atomic mass is 16.2. The fourth-order valence-electron chi connectivity index (χ4n) is 3.32. The third-order valence-corrected chi connectivity index (χ3v) is 4.74. The van der Waals surface area contributed by atoms with Gasteiger partial charge in [-0.3, -0.25) is 9.78 Å². The molecule has 6 nitrogen and oxygen atoms in total. The minimum absolute atomic E-state index is 0.00345. The Labute approximate surface area is 135 Å². The normalized spacial score (nSPS) is 21.4. The van der Waals surface area contributed by atoms with Gasteiger partial charge >= 0.3 is 0 Å².